The Kier molecular flexibility index (Phi) is 5.19. The molecular weight excluding hydrogens is 334 g/mol. The first-order valence-electron chi connectivity index (χ1n) is 7.83. The minimum Gasteiger partial charge on any atom is -0.400 e. The SMILES string of the molecule is CC1(C)OB(C(=Cc2cc(C=O)cc(C(F)(F)F)c2)CN)OC1(C)C. The maximum atomic E-state index is 13.0. The summed E-state index contributed by atoms with van der Waals surface area (Å²) in [4.78, 5) is 11.0. The van der Waals surface area contributed by atoms with Crippen LogP contribution >= 0.6 is 0 Å². The topological polar surface area (TPSA) is 61.5 Å². The van der Waals surface area contributed by atoms with Gasteiger partial charge in [-0.1, -0.05) is 6.08 Å². The molecule has 136 valence electrons. The van der Waals surface area contributed by atoms with Crippen molar-refractivity contribution in [3.63, 3.8) is 0 Å². The number of nitrogens with two attached hydrogens (primary N) is 1. The number of aldehydes is 1. The van der Waals surface area contributed by atoms with Crippen molar-refractivity contribution in [2.24, 2.45) is 5.73 Å². The lowest BCUT2D eigenvalue weighted by atomic mass is 9.77. The van der Waals surface area contributed by atoms with E-state index >= 15 is 0 Å². The molecule has 0 spiro atoms. The number of rotatable bonds is 4. The van der Waals surface area contributed by atoms with E-state index in [-0.39, 0.29) is 17.7 Å². The molecule has 0 saturated carbocycles. The van der Waals surface area contributed by atoms with E-state index in [1.807, 2.05) is 27.7 Å². The zero-order chi connectivity index (χ0) is 19.0. The van der Waals surface area contributed by atoms with Crippen LogP contribution in [0, 0.1) is 0 Å². The first-order valence-corrected chi connectivity index (χ1v) is 7.83. The maximum absolute atomic E-state index is 13.0. The molecule has 0 amide bonds. The fourth-order valence-electron chi connectivity index (χ4n) is 2.42. The fraction of sp³-hybridized carbons (Fsp3) is 0.471. The van der Waals surface area contributed by atoms with Crippen LogP contribution in [0.25, 0.3) is 6.08 Å². The second kappa shape index (κ2) is 6.59. The molecule has 4 nitrogen and oxygen atoms in total. The van der Waals surface area contributed by atoms with Gasteiger partial charge in [0.25, 0.3) is 0 Å². The number of benzene rings is 1. The van der Waals surface area contributed by atoms with Crippen LogP contribution in [0.4, 0.5) is 13.2 Å². The van der Waals surface area contributed by atoms with Gasteiger partial charge < -0.3 is 15.0 Å². The summed E-state index contributed by atoms with van der Waals surface area (Å²) < 4.78 is 50.8. The quantitative estimate of drug-likeness (QED) is 0.664. The first kappa shape index (κ1) is 19.7. The highest BCUT2D eigenvalue weighted by Crippen LogP contribution is 2.39. The van der Waals surface area contributed by atoms with Gasteiger partial charge in [0.1, 0.15) is 6.29 Å². The molecule has 1 heterocycles. The Hall–Kier alpha value is -1.64. The van der Waals surface area contributed by atoms with E-state index in [1.165, 1.54) is 12.1 Å². The largest absolute Gasteiger partial charge is 0.491 e. The van der Waals surface area contributed by atoms with Crippen molar-refractivity contribution in [3.05, 3.63) is 40.4 Å². The van der Waals surface area contributed by atoms with Gasteiger partial charge in [0, 0.05) is 12.1 Å². The number of hydrogen-bond donors (Lipinski definition) is 1. The summed E-state index contributed by atoms with van der Waals surface area (Å²) in [5, 5.41) is 0. The molecule has 0 atom stereocenters. The van der Waals surface area contributed by atoms with Gasteiger partial charge in [0.15, 0.2) is 0 Å². The summed E-state index contributed by atoms with van der Waals surface area (Å²) in [5.41, 5.74) is 4.32. The highest BCUT2D eigenvalue weighted by Gasteiger charge is 2.52. The number of carbonyl (C=O) groups is 1. The van der Waals surface area contributed by atoms with Crippen molar-refractivity contribution in [3.8, 4) is 0 Å². The van der Waals surface area contributed by atoms with Gasteiger partial charge in [0.05, 0.1) is 16.8 Å². The summed E-state index contributed by atoms with van der Waals surface area (Å²) in [6, 6.07) is 3.14. The van der Waals surface area contributed by atoms with Crippen LogP contribution in [0.2, 0.25) is 0 Å². The lowest BCUT2D eigenvalue weighted by Gasteiger charge is -2.32. The third kappa shape index (κ3) is 4.13. The number of alkyl halides is 3. The average Bonchev–Trinajstić information content (AvgIpc) is 2.71. The van der Waals surface area contributed by atoms with Crippen LogP contribution in [-0.2, 0) is 15.5 Å². The van der Waals surface area contributed by atoms with Crippen molar-refractivity contribution in [1.82, 2.24) is 0 Å². The molecule has 1 aliphatic rings. The van der Waals surface area contributed by atoms with Gasteiger partial charge in [-0.2, -0.15) is 13.2 Å². The Labute approximate surface area is 145 Å². The van der Waals surface area contributed by atoms with E-state index in [2.05, 4.69) is 0 Å². The van der Waals surface area contributed by atoms with Gasteiger partial charge in [-0.15, -0.1) is 0 Å². The van der Waals surface area contributed by atoms with Gasteiger partial charge in [-0.05, 0) is 56.9 Å². The molecular formula is C17H21BF3NO3. The summed E-state index contributed by atoms with van der Waals surface area (Å²) in [6.07, 6.45) is -2.69. The molecule has 8 heteroatoms. The van der Waals surface area contributed by atoms with Crippen LogP contribution in [0.15, 0.2) is 23.7 Å². The minimum absolute atomic E-state index is 0.0451. The van der Waals surface area contributed by atoms with E-state index in [0.717, 1.165) is 12.1 Å². The van der Waals surface area contributed by atoms with E-state index in [0.29, 0.717) is 11.8 Å². The average molecular weight is 355 g/mol. The Balaban J connectivity index is 2.42. The molecule has 1 aromatic rings. The van der Waals surface area contributed by atoms with Crippen LogP contribution in [0.3, 0.4) is 0 Å². The molecule has 0 radical (unpaired) electrons. The fourth-order valence-corrected chi connectivity index (χ4v) is 2.42. The van der Waals surface area contributed by atoms with Crippen LogP contribution in [0.1, 0.15) is 49.2 Å². The standard InChI is InChI=1S/C17H21BF3NO3/c1-15(2)16(3,4)25-18(24-15)14(9-22)8-11-5-12(10-23)7-13(6-11)17(19,20)21/h5-8,10H,9,22H2,1-4H3. The Morgan fingerprint density at radius 3 is 2.08 bits per heavy atom. The molecule has 1 saturated heterocycles. The first-order chi connectivity index (χ1) is 11.4. The zero-order valence-corrected chi connectivity index (χ0v) is 14.6. The predicted molar refractivity (Wildman–Crippen MR) is 89.9 cm³/mol. The van der Waals surface area contributed by atoms with Gasteiger partial charge in [0.2, 0.25) is 0 Å². The maximum Gasteiger partial charge on any atom is 0.491 e. The molecule has 2 rings (SSSR count). The third-order valence-corrected chi connectivity index (χ3v) is 4.58. The van der Waals surface area contributed by atoms with Crippen LogP contribution in [0.5, 0.6) is 0 Å². The van der Waals surface area contributed by atoms with Gasteiger partial charge in [-0.25, -0.2) is 0 Å². The van der Waals surface area contributed by atoms with E-state index < -0.39 is 30.1 Å². The number of halogens is 3. The number of carbonyl (C=O) groups excluding carboxylic acids is 1. The highest BCUT2D eigenvalue weighted by molar-refractivity contribution is 6.55. The van der Waals surface area contributed by atoms with Crippen molar-refractivity contribution >= 4 is 19.5 Å². The van der Waals surface area contributed by atoms with Crippen LogP contribution in [-0.4, -0.2) is 31.2 Å². The second-order valence-electron chi connectivity index (χ2n) is 7.02. The Bertz CT molecular complexity index is 683. The van der Waals surface area contributed by atoms with E-state index in [1.54, 1.807) is 0 Å². The van der Waals surface area contributed by atoms with Crippen molar-refractivity contribution in [2.45, 2.75) is 45.1 Å². The predicted octanol–water partition coefficient (Wildman–Crippen LogP) is 3.49. The molecule has 1 aromatic carbocycles. The smallest absolute Gasteiger partial charge is 0.400 e. The Morgan fingerprint density at radius 2 is 1.64 bits per heavy atom. The minimum atomic E-state index is -4.55. The summed E-state index contributed by atoms with van der Waals surface area (Å²) in [7, 11) is -0.760. The van der Waals surface area contributed by atoms with Crippen molar-refractivity contribution in [2.75, 3.05) is 6.54 Å². The molecule has 25 heavy (non-hydrogen) atoms. The molecule has 1 fully saturated rings. The lowest BCUT2D eigenvalue weighted by molar-refractivity contribution is -0.137. The highest BCUT2D eigenvalue weighted by atomic mass is 19.4. The van der Waals surface area contributed by atoms with Crippen LogP contribution < -0.4 is 5.73 Å². The molecule has 1 aliphatic heterocycles. The molecule has 0 aliphatic carbocycles. The van der Waals surface area contributed by atoms with Crippen molar-refractivity contribution < 1.29 is 27.3 Å². The lowest BCUT2D eigenvalue weighted by Crippen LogP contribution is -2.41. The molecule has 0 bridgehead atoms. The summed E-state index contributed by atoms with van der Waals surface area (Å²) >= 11 is 0. The van der Waals surface area contributed by atoms with E-state index in [4.69, 9.17) is 15.0 Å². The van der Waals surface area contributed by atoms with Gasteiger partial charge >= 0.3 is 13.3 Å². The van der Waals surface area contributed by atoms with Crippen molar-refractivity contribution in [1.29, 1.82) is 0 Å². The zero-order valence-electron chi connectivity index (χ0n) is 14.6. The monoisotopic (exact) mass is 355 g/mol. The number of hydrogen-bond acceptors (Lipinski definition) is 4. The normalized spacial score (nSPS) is 20.0. The molecule has 0 unspecified atom stereocenters. The Morgan fingerprint density at radius 1 is 1.12 bits per heavy atom. The van der Waals surface area contributed by atoms with Gasteiger partial charge in [-0.3, -0.25) is 4.79 Å². The third-order valence-electron chi connectivity index (χ3n) is 4.58. The summed E-state index contributed by atoms with van der Waals surface area (Å²) in [5.74, 6) is 0. The van der Waals surface area contributed by atoms with E-state index in [9.17, 15) is 18.0 Å². The second-order valence-corrected chi connectivity index (χ2v) is 7.02. The molecule has 0 aromatic heterocycles. The molecule has 2 N–H and O–H groups in total. The summed E-state index contributed by atoms with van der Waals surface area (Å²) in [6.45, 7) is 7.53.